The molecule has 0 saturated heterocycles. The van der Waals surface area contributed by atoms with Gasteiger partial charge in [0.1, 0.15) is 0 Å². The van der Waals surface area contributed by atoms with Crippen LogP contribution in [0.1, 0.15) is 33.3 Å². The summed E-state index contributed by atoms with van der Waals surface area (Å²) < 4.78 is 20.9. The van der Waals surface area contributed by atoms with Crippen LogP contribution in [0.15, 0.2) is 33.5 Å². The molecule has 0 fully saturated rings. The Labute approximate surface area is 157 Å². The smallest absolute Gasteiger partial charge is 0.339 e. The molecule has 0 radical (unpaired) electrons. The van der Waals surface area contributed by atoms with E-state index in [1.807, 2.05) is 0 Å². The monoisotopic (exact) mass is 376 g/mol. The molecule has 146 valence electrons. The summed E-state index contributed by atoms with van der Waals surface area (Å²) in [5, 5.41) is 0.622. The van der Waals surface area contributed by atoms with Crippen LogP contribution < -0.4 is 10.4 Å². The van der Waals surface area contributed by atoms with Gasteiger partial charge in [-0.1, -0.05) is 12.1 Å². The third-order valence-electron chi connectivity index (χ3n) is 3.71. The molecule has 0 saturated carbocycles. The van der Waals surface area contributed by atoms with E-state index in [1.165, 1.54) is 7.11 Å². The lowest BCUT2D eigenvalue weighted by Crippen LogP contribution is -2.33. The van der Waals surface area contributed by atoms with E-state index in [0.29, 0.717) is 16.7 Å². The fraction of sp³-hybridized carbons (Fsp3) is 0.450. The molecule has 1 heterocycles. The van der Waals surface area contributed by atoms with Crippen LogP contribution in [-0.4, -0.2) is 31.3 Å². The first-order valence-electron chi connectivity index (χ1n) is 8.73. The van der Waals surface area contributed by atoms with Crippen LogP contribution in [0.2, 0.25) is 0 Å². The van der Waals surface area contributed by atoms with Crippen molar-refractivity contribution in [3.05, 3.63) is 40.2 Å². The summed E-state index contributed by atoms with van der Waals surface area (Å²) in [6, 6.07) is 6.76. The van der Waals surface area contributed by atoms with Gasteiger partial charge in [0.2, 0.25) is 0 Å². The van der Waals surface area contributed by atoms with E-state index in [4.69, 9.17) is 18.6 Å². The first kappa shape index (κ1) is 20.5. The number of benzene rings is 1. The Morgan fingerprint density at radius 3 is 2.15 bits per heavy atom. The van der Waals surface area contributed by atoms with Crippen LogP contribution in [0.25, 0.3) is 11.0 Å². The summed E-state index contributed by atoms with van der Waals surface area (Å²) in [6.07, 6.45) is -0.972. The third kappa shape index (κ3) is 5.09. The fourth-order valence-corrected chi connectivity index (χ4v) is 2.58. The van der Waals surface area contributed by atoms with Gasteiger partial charge in [0, 0.05) is 17.4 Å². The summed E-state index contributed by atoms with van der Waals surface area (Å²) >= 11 is 0. The molecule has 7 nitrogen and oxygen atoms in total. The maximum atomic E-state index is 12.4. The van der Waals surface area contributed by atoms with Gasteiger partial charge >= 0.3 is 17.6 Å². The predicted octanol–water partition coefficient (Wildman–Crippen LogP) is 2.86. The largest absolute Gasteiger partial charge is 0.493 e. The van der Waals surface area contributed by atoms with Crippen LogP contribution in [0.3, 0.4) is 0 Å². The van der Waals surface area contributed by atoms with Crippen molar-refractivity contribution in [2.45, 2.75) is 46.3 Å². The summed E-state index contributed by atoms with van der Waals surface area (Å²) in [5.41, 5.74) is -0.159. The Bertz CT molecular complexity index is 858. The quantitative estimate of drug-likeness (QED) is 0.417. The normalized spacial score (nSPS) is 11.3. The van der Waals surface area contributed by atoms with Gasteiger partial charge in [-0.25, -0.2) is 4.79 Å². The average molecular weight is 376 g/mol. The molecule has 0 aliphatic carbocycles. The minimum absolute atomic E-state index is 0.174. The Morgan fingerprint density at radius 1 is 1.04 bits per heavy atom. The first-order chi connectivity index (χ1) is 12.7. The highest BCUT2D eigenvalue weighted by atomic mass is 16.6. The number of methoxy groups -OCH3 is 1. The first-order valence-corrected chi connectivity index (χ1v) is 8.73. The van der Waals surface area contributed by atoms with Gasteiger partial charge < -0.3 is 18.6 Å². The molecule has 27 heavy (non-hydrogen) atoms. The van der Waals surface area contributed by atoms with Crippen LogP contribution in [-0.2, 0) is 25.5 Å². The van der Waals surface area contributed by atoms with Gasteiger partial charge in [-0.3, -0.25) is 9.59 Å². The zero-order chi connectivity index (χ0) is 20.1. The second-order valence-corrected chi connectivity index (χ2v) is 6.67. The Hall–Kier alpha value is -2.83. The number of rotatable bonds is 7. The van der Waals surface area contributed by atoms with Crippen molar-refractivity contribution in [3.8, 4) is 5.75 Å². The highest BCUT2D eigenvalue weighted by Crippen LogP contribution is 2.25. The van der Waals surface area contributed by atoms with E-state index in [2.05, 4.69) is 0 Å². The van der Waals surface area contributed by atoms with Crippen molar-refractivity contribution >= 4 is 22.9 Å². The van der Waals surface area contributed by atoms with Crippen molar-refractivity contribution < 1.29 is 28.2 Å². The van der Waals surface area contributed by atoms with Crippen molar-refractivity contribution in [2.75, 3.05) is 7.11 Å². The number of fused-ring (bicyclic) bond motifs is 1. The van der Waals surface area contributed by atoms with E-state index in [-0.39, 0.29) is 12.0 Å². The van der Waals surface area contributed by atoms with Gasteiger partial charge in [-0.15, -0.1) is 0 Å². The van der Waals surface area contributed by atoms with Crippen LogP contribution in [0.5, 0.6) is 5.75 Å². The number of hydrogen-bond acceptors (Lipinski definition) is 7. The standard InChI is InChI=1S/C20H24O7/c1-11(2)25-19(22)15(20(23)26-12(3)4)10-14-9-13-7-6-8-16(24-5)17(13)27-18(14)21/h6-9,11-12,15H,10H2,1-5H3. The molecule has 1 aromatic heterocycles. The summed E-state index contributed by atoms with van der Waals surface area (Å²) in [5.74, 6) is -2.30. The van der Waals surface area contributed by atoms with Gasteiger partial charge in [0.05, 0.1) is 19.3 Å². The molecule has 2 rings (SSSR count). The lowest BCUT2D eigenvalue weighted by atomic mass is 9.99. The molecular weight excluding hydrogens is 352 g/mol. The van der Waals surface area contributed by atoms with Crippen molar-refractivity contribution in [2.24, 2.45) is 5.92 Å². The maximum Gasteiger partial charge on any atom is 0.339 e. The molecule has 2 aromatic rings. The average Bonchev–Trinajstić information content (AvgIpc) is 2.57. The Morgan fingerprint density at radius 2 is 1.63 bits per heavy atom. The van der Waals surface area contributed by atoms with Crippen LogP contribution >= 0.6 is 0 Å². The highest BCUT2D eigenvalue weighted by Gasteiger charge is 2.32. The van der Waals surface area contributed by atoms with Gasteiger partial charge in [-0.2, -0.15) is 0 Å². The molecule has 7 heteroatoms. The van der Waals surface area contributed by atoms with E-state index < -0.39 is 35.7 Å². The minimum Gasteiger partial charge on any atom is -0.493 e. The maximum absolute atomic E-state index is 12.4. The lowest BCUT2D eigenvalue weighted by molar-refractivity contribution is -0.166. The second-order valence-electron chi connectivity index (χ2n) is 6.67. The van der Waals surface area contributed by atoms with Crippen LogP contribution in [0.4, 0.5) is 0 Å². The van der Waals surface area contributed by atoms with Crippen LogP contribution in [0, 0.1) is 5.92 Å². The highest BCUT2D eigenvalue weighted by molar-refractivity contribution is 5.95. The lowest BCUT2D eigenvalue weighted by Gasteiger charge is -2.18. The topological polar surface area (TPSA) is 92.0 Å². The van der Waals surface area contributed by atoms with Gasteiger partial charge in [0.25, 0.3) is 0 Å². The molecule has 0 atom stereocenters. The minimum atomic E-state index is -1.25. The fourth-order valence-electron chi connectivity index (χ4n) is 2.58. The Kier molecular flexibility index (Phi) is 6.60. The molecule has 0 unspecified atom stereocenters. The predicted molar refractivity (Wildman–Crippen MR) is 98.7 cm³/mol. The van der Waals surface area contributed by atoms with E-state index in [0.717, 1.165) is 0 Å². The van der Waals surface area contributed by atoms with Crippen molar-refractivity contribution in [1.82, 2.24) is 0 Å². The molecular formula is C20H24O7. The van der Waals surface area contributed by atoms with E-state index in [9.17, 15) is 14.4 Å². The van der Waals surface area contributed by atoms with Gasteiger partial charge in [-0.05, 0) is 39.8 Å². The number of esters is 2. The SMILES string of the molecule is COc1cccc2cc(CC(C(=O)OC(C)C)C(=O)OC(C)C)c(=O)oc12. The summed E-state index contributed by atoms with van der Waals surface area (Å²) in [6.45, 7) is 6.72. The molecule has 1 aromatic carbocycles. The molecule has 0 bridgehead atoms. The van der Waals surface area contributed by atoms with E-state index >= 15 is 0 Å². The number of hydrogen-bond donors (Lipinski definition) is 0. The number of carbonyl (C=O) groups is 2. The molecule has 0 amide bonds. The van der Waals surface area contributed by atoms with Crippen molar-refractivity contribution in [3.63, 3.8) is 0 Å². The van der Waals surface area contributed by atoms with E-state index in [1.54, 1.807) is 52.0 Å². The number of para-hydroxylation sites is 1. The summed E-state index contributed by atoms with van der Waals surface area (Å²) in [7, 11) is 1.47. The summed E-state index contributed by atoms with van der Waals surface area (Å²) in [4.78, 5) is 37.2. The van der Waals surface area contributed by atoms with Gasteiger partial charge in [0.15, 0.2) is 17.3 Å². The molecule has 0 aliphatic heterocycles. The number of ether oxygens (including phenoxy) is 3. The zero-order valence-corrected chi connectivity index (χ0v) is 16.1. The Balaban J connectivity index is 2.41. The zero-order valence-electron chi connectivity index (χ0n) is 16.1. The molecule has 0 spiro atoms. The molecule has 0 aliphatic rings. The van der Waals surface area contributed by atoms with Crippen molar-refractivity contribution in [1.29, 1.82) is 0 Å². The third-order valence-corrected chi connectivity index (χ3v) is 3.71. The molecule has 0 N–H and O–H groups in total. The second kappa shape index (κ2) is 8.70. The number of carbonyl (C=O) groups excluding carboxylic acids is 2.